The van der Waals surface area contributed by atoms with Crippen molar-refractivity contribution in [2.24, 2.45) is 11.8 Å². The Morgan fingerprint density at radius 3 is 2.65 bits per heavy atom. The monoisotopic (exact) mass is 518 g/mol. The number of hydrogen-bond donors (Lipinski definition) is 1. The minimum atomic E-state index is -0.914. The molecule has 2 amide bonds. The predicted octanol–water partition coefficient (Wildman–Crippen LogP) is 3.32. The molecule has 192 valence electrons. The van der Waals surface area contributed by atoms with E-state index in [1.54, 1.807) is 9.80 Å². The first-order valence-electron chi connectivity index (χ1n) is 12.8. The number of amides is 2. The van der Waals surface area contributed by atoms with Gasteiger partial charge in [0.2, 0.25) is 5.91 Å². The molecule has 4 heterocycles. The fraction of sp³-hybridized carbons (Fsp3) is 0.414. The number of carbonyl (C=O) groups is 3. The van der Waals surface area contributed by atoms with E-state index < -0.39 is 27.4 Å². The number of carbonyl (C=O) groups excluding carboxylic acids is 3. The maximum Gasteiger partial charge on any atom is 0.311 e. The normalized spacial score (nSPS) is 33.0. The summed E-state index contributed by atoms with van der Waals surface area (Å²) in [4.78, 5) is 45.2. The highest BCUT2D eigenvalue weighted by Crippen LogP contribution is 2.65. The Morgan fingerprint density at radius 2 is 1.84 bits per heavy atom. The summed E-state index contributed by atoms with van der Waals surface area (Å²) in [5.41, 5.74) is 0.767. The number of cyclic esters (lactones) is 1. The highest BCUT2D eigenvalue weighted by molar-refractivity contribution is 8.02. The smallest absolute Gasteiger partial charge is 0.311 e. The van der Waals surface area contributed by atoms with Crippen LogP contribution in [0.25, 0.3) is 10.8 Å². The van der Waals surface area contributed by atoms with Gasteiger partial charge in [0.1, 0.15) is 6.04 Å². The third-order valence-electron chi connectivity index (χ3n) is 8.12. The zero-order valence-corrected chi connectivity index (χ0v) is 21.5. The lowest BCUT2D eigenvalue weighted by molar-refractivity contribution is -0.154. The second-order valence-electron chi connectivity index (χ2n) is 10.3. The largest absolute Gasteiger partial charge is 0.465 e. The van der Waals surface area contributed by atoms with Gasteiger partial charge in [-0.3, -0.25) is 14.4 Å². The summed E-state index contributed by atoms with van der Waals surface area (Å²) in [6, 6.07) is 13.2. The van der Waals surface area contributed by atoms with Gasteiger partial charge in [0, 0.05) is 30.1 Å². The Bertz CT molecular complexity index is 1340. The number of thioether (sulfide) groups is 1. The van der Waals surface area contributed by atoms with Crippen LogP contribution in [0.4, 0.5) is 5.69 Å². The number of anilines is 1. The Morgan fingerprint density at radius 1 is 1.03 bits per heavy atom. The van der Waals surface area contributed by atoms with Gasteiger partial charge >= 0.3 is 5.97 Å². The summed E-state index contributed by atoms with van der Waals surface area (Å²) in [5.74, 6) is -2.19. The Kier molecular flexibility index (Phi) is 5.92. The molecule has 2 fully saturated rings. The van der Waals surface area contributed by atoms with Gasteiger partial charge in [-0.15, -0.1) is 11.8 Å². The molecular weight excluding hydrogens is 488 g/mol. The van der Waals surface area contributed by atoms with E-state index in [1.807, 2.05) is 73.7 Å². The highest BCUT2D eigenvalue weighted by Gasteiger charge is 2.73. The van der Waals surface area contributed by atoms with E-state index in [-0.39, 0.29) is 37.5 Å². The summed E-state index contributed by atoms with van der Waals surface area (Å²) < 4.78 is 3.97. The number of aliphatic hydroxyl groups excluding tert-OH is 1. The van der Waals surface area contributed by atoms with Crippen LogP contribution >= 0.6 is 11.8 Å². The first-order valence-corrected chi connectivity index (χ1v) is 13.6. The number of hydrogen-bond acceptors (Lipinski definition) is 6. The van der Waals surface area contributed by atoms with Crippen LogP contribution < -0.4 is 4.90 Å². The van der Waals surface area contributed by atoms with Gasteiger partial charge < -0.3 is 19.6 Å². The number of rotatable bonds is 4. The fourth-order valence-corrected chi connectivity index (χ4v) is 8.70. The average molecular weight is 519 g/mol. The number of likely N-dealkylation sites (tertiary alicyclic amines) is 1. The zero-order chi connectivity index (χ0) is 25.8. The molecule has 2 aromatic carbocycles. The lowest BCUT2D eigenvalue weighted by Crippen LogP contribution is -2.53. The van der Waals surface area contributed by atoms with Gasteiger partial charge in [-0.05, 0) is 42.7 Å². The third kappa shape index (κ3) is 3.64. The van der Waals surface area contributed by atoms with Crippen molar-refractivity contribution in [3.8, 4) is 0 Å². The lowest BCUT2D eigenvalue weighted by atomic mass is 9.74. The Labute approximate surface area is 220 Å². The van der Waals surface area contributed by atoms with Gasteiger partial charge in [0.15, 0.2) is 0 Å². The van der Waals surface area contributed by atoms with Crippen LogP contribution in [0.3, 0.4) is 0 Å². The molecule has 6 rings (SSSR count). The summed E-state index contributed by atoms with van der Waals surface area (Å²) >= 11 is 1.54. The summed E-state index contributed by atoms with van der Waals surface area (Å²) in [7, 11) is 0. The van der Waals surface area contributed by atoms with E-state index in [1.165, 1.54) is 11.8 Å². The van der Waals surface area contributed by atoms with E-state index in [4.69, 9.17) is 4.74 Å². The molecule has 1 spiro atoms. The van der Waals surface area contributed by atoms with Gasteiger partial charge in [0.05, 0.1) is 23.2 Å². The molecule has 1 N–H and O–H groups in total. The molecule has 7 nitrogen and oxygen atoms in total. The molecule has 4 aliphatic heterocycles. The fourth-order valence-electron chi connectivity index (χ4n) is 6.55. The molecule has 0 saturated carbocycles. The highest BCUT2D eigenvalue weighted by atomic mass is 32.2. The van der Waals surface area contributed by atoms with Crippen molar-refractivity contribution in [3.63, 3.8) is 0 Å². The topological polar surface area (TPSA) is 87.1 Å². The van der Waals surface area contributed by atoms with Crippen molar-refractivity contribution >= 4 is 46.0 Å². The predicted molar refractivity (Wildman–Crippen MR) is 143 cm³/mol. The Balaban J connectivity index is 1.47. The molecule has 8 heteroatoms. The first-order chi connectivity index (χ1) is 17.9. The van der Waals surface area contributed by atoms with Crippen LogP contribution in [0.1, 0.15) is 19.8 Å². The standard InChI is InChI=1S/C29H30N2O5S/c1-28-12-4-5-17-36-27(35)23(28)22-25(33)31(15-7-16-32)24-26(34)30(14-6-13-29(22,24)37-28)21-11-10-19-8-2-3-9-20(19)18-21/h2-4,6,8-13,18,22-24,32H,5,7,14-17H2,1H3/t22-,23-,24?,28+,29-/m0/s1. The Hall–Kier alpha value is -3.10. The van der Waals surface area contributed by atoms with E-state index in [0.29, 0.717) is 19.4 Å². The minimum absolute atomic E-state index is 0.0916. The van der Waals surface area contributed by atoms with Gasteiger partial charge in [-0.25, -0.2) is 0 Å². The number of nitrogens with zero attached hydrogens (tertiary/aromatic N) is 2. The molecule has 4 aliphatic rings. The van der Waals surface area contributed by atoms with Crippen molar-refractivity contribution in [1.29, 1.82) is 0 Å². The van der Waals surface area contributed by atoms with E-state index >= 15 is 0 Å². The number of esters is 1. The van der Waals surface area contributed by atoms with Crippen molar-refractivity contribution in [3.05, 3.63) is 66.8 Å². The van der Waals surface area contributed by atoms with E-state index in [0.717, 1.165) is 16.5 Å². The first kappa shape index (κ1) is 24.2. The lowest BCUT2D eigenvalue weighted by Gasteiger charge is -2.37. The minimum Gasteiger partial charge on any atom is -0.465 e. The molecule has 2 saturated heterocycles. The molecule has 0 bridgehead atoms. The molecule has 5 atom stereocenters. The number of fused-ring (bicyclic) bond motifs is 3. The average Bonchev–Trinajstić information content (AvgIpc) is 3.20. The van der Waals surface area contributed by atoms with Gasteiger partial charge in [-0.1, -0.05) is 54.6 Å². The quantitative estimate of drug-likeness (QED) is 0.494. The summed E-state index contributed by atoms with van der Waals surface area (Å²) in [6.07, 6.45) is 8.98. The third-order valence-corrected chi connectivity index (χ3v) is 9.92. The number of benzene rings is 2. The second kappa shape index (κ2) is 9.03. The molecule has 0 aliphatic carbocycles. The molecular formula is C29H30N2O5S. The van der Waals surface area contributed by atoms with Crippen LogP contribution in [0, 0.1) is 11.8 Å². The zero-order valence-electron chi connectivity index (χ0n) is 20.7. The molecule has 0 aromatic heterocycles. The van der Waals surface area contributed by atoms with Gasteiger partial charge in [-0.2, -0.15) is 0 Å². The van der Waals surface area contributed by atoms with Gasteiger partial charge in [0.25, 0.3) is 5.91 Å². The molecule has 0 radical (unpaired) electrons. The van der Waals surface area contributed by atoms with Crippen molar-refractivity contribution in [2.75, 3.05) is 31.2 Å². The second-order valence-corrected chi connectivity index (χ2v) is 12.1. The maximum atomic E-state index is 14.4. The number of ether oxygens (including phenoxy) is 1. The summed E-state index contributed by atoms with van der Waals surface area (Å²) in [5, 5.41) is 11.7. The number of aliphatic hydroxyl groups is 1. The molecule has 37 heavy (non-hydrogen) atoms. The van der Waals surface area contributed by atoms with E-state index in [9.17, 15) is 19.5 Å². The van der Waals surface area contributed by atoms with Crippen LogP contribution in [0.2, 0.25) is 0 Å². The SMILES string of the molecule is C[C@@]12C=CCCOC(=O)[C@@H]1[C@H]1C(=O)N(CCCO)C3C(=O)N(c4ccc5ccccc5c4)CC=C[C@@]31S2. The van der Waals surface area contributed by atoms with Crippen LogP contribution in [-0.2, 0) is 19.1 Å². The van der Waals surface area contributed by atoms with E-state index in [2.05, 4.69) is 0 Å². The summed E-state index contributed by atoms with van der Waals surface area (Å²) in [6.45, 7) is 2.78. The van der Waals surface area contributed by atoms with Crippen molar-refractivity contribution in [1.82, 2.24) is 4.90 Å². The van der Waals surface area contributed by atoms with Crippen LogP contribution in [0.5, 0.6) is 0 Å². The van der Waals surface area contributed by atoms with Crippen molar-refractivity contribution in [2.45, 2.75) is 35.3 Å². The van der Waals surface area contributed by atoms with Crippen LogP contribution in [-0.4, -0.2) is 69.6 Å². The molecule has 2 aromatic rings. The van der Waals surface area contributed by atoms with Crippen molar-refractivity contribution < 1.29 is 24.2 Å². The van der Waals surface area contributed by atoms with Crippen LogP contribution in [0.15, 0.2) is 66.8 Å². The molecule has 1 unspecified atom stereocenters. The maximum absolute atomic E-state index is 14.4.